The Bertz CT molecular complexity index is 571. The van der Waals surface area contributed by atoms with Gasteiger partial charge in [-0.15, -0.1) is 0 Å². The first-order chi connectivity index (χ1) is 9.50. The molecule has 0 aliphatic carbocycles. The summed E-state index contributed by atoms with van der Waals surface area (Å²) in [6, 6.07) is 14.2. The minimum atomic E-state index is -2.44. The molecule has 0 N–H and O–H groups in total. The molecule has 0 saturated heterocycles. The Morgan fingerprint density at radius 3 is 1.50 bits per heavy atom. The summed E-state index contributed by atoms with van der Waals surface area (Å²) in [5.74, 6) is 1.33. The fraction of sp³-hybridized carbons (Fsp3) is 0. The van der Waals surface area contributed by atoms with E-state index in [1.807, 2.05) is 0 Å². The molecule has 0 spiro atoms. The van der Waals surface area contributed by atoms with Crippen molar-refractivity contribution in [1.29, 1.82) is 0 Å². The van der Waals surface area contributed by atoms with Crippen LogP contribution in [0.4, 0.5) is 0 Å². The Morgan fingerprint density at radius 1 is 0.850 bits per heavy atom. The van der Waals surface area contributed by atoms with E-state index < -0.39 is 5.69 Å². The van der Waals surface area contributed by atoms with E-state index in [1.165, 1.54) is 0 Å². The van der Waals surface area contributed by atoms with E-state index in [0.717, 1.165) is 0 Å². The average molecular weight is 555 g/mol. The van der Waals surface area contributed by atoms with Gasteiger partial charge in [0.15, 0.2) is 0 Å². The molecule has 0 aromatic heterocycles. The average Bonchev–Trinajstić information content (AvgIpc) is 2.44. The molecule has 0 saturated carbocycles. The van der Waals surface area contributed by atoms with E-state index in [0.29, 0.717) is 45.8 Å². The summed E-state index contributed by atoms with van der Waals surface area (Å²) in [6.07, 6.45) is 0. The van der Waals surface area contributed by atoms with Crippen molar-refractivity contribution < 1.29 is 9.05 Å². The Balaban J connectivity index is 2.14. The van der Waals surface area contributed by atoms with Crippen molar-refractivity contribution >= 4 is 72.9 Å². The first kappa shape index (κ1) is 16.9. The number of halogens is 2. The molecular weight excluding hydrogens is 547 g/mol. The predicted octanol–water partition coefficient (Wildman–Crippen LogP) is 5.49. The molecule has 0 amide bonds. The molecule has 8 heteroatoms. The molecule has 0 aliphatic heterocycles. The molecule has 0 unspecified atom stereocenters. The number of benzene rings is 2. The normalized spacial score (nSPS) is 11.1. The Hall–Kier alpha value is 0.542. The topological polar surface area (TPSA) is 18.5 Å². The zero-order valence-corrected chi connectivity index (χ0v) is 18.6. The molecule has 0 heterocycles. The molecule has 0 aliphatic rings. The summed E-state index contributed by atoms with van der Waals surface area (Å²) >= 11 is 17.9. The third kappa shape index (κ3) is 5.07. The van der Waals surface area contributed by atoms with Crippen molar-refractivity contribution in [2.24, 2.45) is 0 Å². The van der Waals surface area contributed by atoms with Crippen LogP contribution < -0.4 is 9.05 Å². The first-order valence-corrected chi connectivity index (χ1v) is 15.8. The van der Waals surface area contributed by atoms with Crippen LogP contribution in [0.1, 0.15) is 0 Å². The van der Waals surface area contributed by atoms with Crippen molar-refractivity contribution in [2.45, 2.75) is 0 Å². The quantitative estimate of drug-likeness (QED) is 0.359. The Kier molecular flexibility index (Phi) is 6.51. The van der Waals surface area contributed by atoms with Gasteiger partial charge in [0.1, 0.15) is 0 Å². The van der Waals surface area contributed by atoms with Crippen molar-refractivity contribution in [1.82, 2.24) is 0 Å². The Labute approximate surface area is 150 Å². The number of rotatable bonds is 5. The molecule has 2 aromatic rings. The van der Waals surface area contributed by atoms with Gasteiger partial charge in [0.05, 0.1) is 0 Å². The van der Waals surface area contributed by atoms with Gasteiger partial charge in [-0.25, -0.2) is 0 Å². The predicted molar refractivity (Wildman–Crippen MR) is 91.8 cm³/mol. The monoisotopic (exact) mass is 554 g/mol. The van der Waals surface area contributed by atoms with Crippen LogP contribution in [0.3, 0.4) is 0 Å². The maximum absolute atomic E-state index is 5.86. The van der Waals surface area contributed by atoms with E-state index in [-0.39, 0.29) is 0 Å². The van der Waals surface area contributed by atoms with Gasteiger partial charge in [-0.3, -0.25) is 0 Å². The van der Waals surface area contributed by atoms with Gasteiger partial charge < -0.3 is 0 Å². The Morgan fingerprint density at radius 2 is 1.20 bits per heavy atom. The van der Waals surface area contributed by atoms with Crippen molar-refractivity contribution in [3.05, 3.63) is 58.6 Å². The second-order valence-corrected chi connectivity index (χ2v) is 17.6. The fourth-order valence-corrected chi connectivity index (χ4v) is 6.75. The number of hydrogen-bond donors (Lipinski definition) is 0. The molecule has 0 radical (unpaired) electrons. The molecule has 0 atom stereocenters. The van der Waals surface area contributed by atoms with E-state index in [1.54, 1.807) is 56.5 Å². The maximum atomic E-state index is 5.86. The van der Waals surface area contributed by atoms with Crippen molar-refractivity contribution in [2.75, 3.05) is 0 Å². The van der Waals surface area contributed by atoms with Crippen LogP contribution >= 0.6 is 36.8 Å². The van der Waals surface area contributed by atoms with Crippen LogP contribution in [-0.2, 0) is 11.8 Å². The molecule has 2 aromatic carbocycles. The molecule has 0 bridgehead atoms. The standard InChI is InChI=1S/C12H9Cl2O2PS2.Tl/c13-9-1-5-11(6-2-9)15-17(18,19)16-12-7-3-10(14)4-8-12;/h1-8H,(H,18,19);/q;+1/p-1. The van der Waals surface area contributed by atoms with Crippen LogP contribution in [0.5, 0.6) is 11.5 Å². The zero-order chi connectivity index (χ0) is 14.6. The molecule has 20 heavy (non-hydrogen) atoms. The van der Waals surface area contributed by atoms with E-state index in [9.17, 15) is 0 Å². The second-order valence-electron chi connectivity index (χ2n) is 3.64. The summed E-state index contributed by atoms with van der Waals surface area (Å²) in [4.78, 5) is 0. The van der Waals surface area contributed by atoms with Crippen LogP contribution in [-0.4, -0.2) is 24.3 Å². The van der Waals surface area contributed by atoms with Gasteiger partial charge in [-0.2, -0.15) is 0 Å². The van der Waals surface area contributed by atoms with Crippen molar-refractivity contribution in [3.63, 3.8) is 0 Å². The second kappa shape index (κ2) is 7.70. The molecule has 2 nitrogen and oxygen atoms in total. The minimum absolute atomic E-state index is 0.616. The third-order valence-corrected chi connectivity index (χ3v) is 21.3. The SMILES string of the molecule is S=P(Oc1ccc(Cl)cc1)(Oc1ccc(Cl)cc1)[S][Tl]. The van der Waals surface area contributed by atoms with E-state index in [4.69, 9.17) is 44.1 Å². The van der Waals surface area contributed by atoms with Crippen molar-refractivity contribution in [3.8, 4) is 11.5 Å². The van der Waals surface area contributed by atoms with Crippen LogP contribution in [0.15, 0.2) is 48.5 Å². The molecule has 0 fully saturated rings. The third-order valence-electron chi connectivity index (χ3n) is 2.19. The number of hydrogen-bond acceptors (Lipinski definition) is 4. The van der Waals surface area contributed by atoms with Gasteiger partial charge in [-0.1, -0.05) is 0 Å². The van der Waals surface area contributed by atoms with Crippen LogP contribution in [0.25, 0.3) is 0 Å². The fourth-order valence-electron chi connectivity index (χ4n) is 1.31. The van der Waals surface area contributed by atoms with Gasteiger partial charge in [0.2, 0.25) is 0 Å². The van der Waals surface area contributed by atoms with Gasteiger partial charge in [-0.05, 0) is 0 Å². The van der Waals surface area contributed by atoms with Gasteiger partial charge in [0.25, 0.3) is 0 Å². The summed E-state index contributed by atoms with van der Waals surface area (Å²) in [7, 11) is 1.55. The summed E-state index contributed by atoms with van der Waals surface area (Å²) in [5.41, 5.74) is -2.44. The molecular formula is C12H8Cl2O2PS2Tl. The van der Waals surface area contributed by atoms with E-state index in [2.05, 4.69) is 0 Å². The van der Waals surface area contributed by atoms with Gasteiger partial charge >= 0.3 is 152 Å². The van der Waals surface area contributed by atoms with Crippen LogP contribution in [0, 0.1) is 0 Å². The molecule has 102 valence electrons. The zero-order valence-electron chi connectivity index (χ0n) is 10.0. The van der Waals surface area contributed by atoms with Gasteiger partial charge in [0, 0.05) is 0 Å². The summed E-state index contributed by atoms with van der Waals surface area (Å²) < 4.78 is 11.7. The van der Waals surface area contributed by atoms with E-state index >= 15 is 0 Å². The summed E-state index contributed by atoms with van der Waals surface area (Å²) in [5, 5.41) is 1.31. The summed E-state index contributed by atoms with van der Waals surface area (Å²) in [6.45, 7) is 0. The molecule has 2 rings (SSSR count). The van der Waals surface area contributed by atoms with Crippen LogP contribution in [0.2, 0.25) is 10.0 Å². The first-order valence-electron chi connectivity index (χ1n) is 5.39.